The summed E-state index contributed by atoms with van der Waals surface area (Å²) in [5, 5.41) is 73.7. The molecular formula is C94H154F2N2O34S. The fourth-order valence-electron chi connectivity index (χ4n) is 16.6. The molecule has 8 N–H and O–H groups in total. The van der Waals surface area contributed by atoms with Crippen LogP contribution in [-0.4, -0.2) is 337 Å². The number of esters is 2. The van der Waals surface area contributed by atoms with Gasteiger partial charge in [-0.1, -0.05) is 66.2 Å². The van der Waals surface area contributed by atoms with E-state index in [9.17, 15) is 43.6 Å². The molecule has 0 aliphatic carbocycles. The number of methoxy groups -OCH3 is 1. The summed E-state index contributed by atoms with van der Waals surface area (Å²) in [6.45, 7) is 41.6. The van der Waals surface area contributed by atoms with E-state index in [4.69, 9.17) is 161 Å². The Bertz CT molecular complexity index is 3570. The van der Waals surface area contributed by atoms with Gasteiger partial charge in [-0.3, -0.25) is 19.0 Å². The van der Waals surface area contributed by atoms with Crippen molar-refractivity contribution in [3.63, 3.8) is 0 Å². The molecule has 39 heteroatoms. The van der Waals surface area contributed by atoms with Crippen LogP contribution in [0.5, 0.6) is 0 Å². The molecule has 10 unspecified atom stereocenters. The Morgan fingerprint density at radius 2 is 0.940 bits per heavy atom. The summed E-state index contributed by atoms with van der Waals surface area (Å²) in [5.41, 5.74) is -4.24. The molecule has 15 fully saturated rings. The number of rotatable bonds is 14. The minimum Gasteiger partial charge on any atom is -0.461 e. The molecule has 15 saturated heterocycles. The molecule has 0 saturated carbocycles. The number of fused-ring (bicyclic) bond motifs is 4. The zero-order valence-electron chi connectivity index (χ0n) is 81.9. The third-order valence-corrected chi connectivity index (χ3v) is 24.7. The number of terminal acetylenes is 3. The number of aliphatic hydroxyl groups is 8. The molecule has 16 rings (SSSR count). The van der Waals surface area contributed by atoms with Crippen molar-refractivity contribution < 1.29 is 173 Å². The monoisotopic (exact) mass is 1930 g/mol. The lowest BCUT2D eigenvalue weighted by Crippen LogP contribution is -2.38. The quantitative estimate of drug-likeness (QED) is 0.0492. The number of Topliss-reactive ketones (excluding diaryl/α,β-unsaturated/α-hetero) is 1. The van der Waals surface area contributed by atoms with Crippen molar-refractivity contribution >= 4 is 35.1 Å². The average molecular weight is 1930 g/mol. The minimum atomic E-state index is -1.69. The average Bonchev–Trinajstić information content (AvgIpc) is 1.62. The maximum atomic E-state index is 13.5. The van der Waals surface area contributed by atoms with Gasteiger partial charge < -0.3 is 150 Å². The van der Waals surface area contributed by atoms with Gasteiger partial charge in [0.15, 0.2) is 95.6 Å². The molecule has 36 nitrogen and oxygen atoms in total. The Balaban J connectivity index is 0.000000227. The lowest BCUT2D eigenvalue weighted by Gasteiger charge is -2.25. The molecule has 764 valence electrons. The maximum Gasteiger partial charge on any atom is 0.305 e. The van der Waals surface area contributed by atoms with Crippen molar-refractivity contribution in [2.75, 3.05) is 26.9 Å². The van der Waals surface area contributed by atoms with E-state index in [1.165, 1.54) is 13.8 Å². The summed E-state index contributed by atoms with van der Waals surface area (Å²) in [6.07, 6.45) is 22.2. The topological polar surface area (TPSA) is 443 Å². The van der Waals surface area contributed by atoms with Gasteiger partial charge in [0.25, 0.3) is 5.17 Å². The van der Waals surface area contributed by atoms with Crippen LogP contribution in [0, 0.1) is 37.0 Å². The minimum absolute atomic E-state index is 0.00560. The SMILES string of the molecule is C#CC1(F)C[C@@H](CC)O[C@H]1C.C#CC1(F)C[C@@H](CO)O[C@H]1C.C#CC1(O)C[C@@H](CC)O[C@H]1C.CC1(C)OC2[C@@H](O[C@H](CO)[C@@H]2O)O1.CC[C@@H]1CC(=O)[C@H](C)O1.CC[C@@H]1CC(O)[C@H](C)O1.CC[C@@H]1CC(OC(C)=O)[C@H](OC(C)=O)O1.CC[C@H]1O[C@H]2OC(C)(C)OC2[C@H]1O.CC[C@H]1O[C@H]2OC(C)(C)OC2[C@H]1OC(=S)n1ccnc1.CO[C@@H]1CC2OC(C)(C)O[C@@H]2O1.C[C@@H]1O[C@H](CO)CC1O. The van der Waals surface area contributed by atoms with Crippen LogP contribution in [0.3, 0.4) is 0 Å². The second kappa shape index (κ2) is 52.6. The number of aromatic nitrogens is 2. The van der Waals surface area contributed by atoms with Crippen LogP contribution in [-0.2, 0) is 123 Å². The van der Waals surface area contributed by atoms with Gasteiger partial charge in [-0.15, -0.1) is 19.3 Å². The highest BCUT2D eigenvalue weighted by Crippen LogP contribution is 2.44. The standard InChI is InChI=1S/C13H18N2O4S.C10H16O5.C9H13FO.C9H16O4.C9H14O2.C8H11FO2.C8H14O5.C8H14O4.C7H14O2.C7H12O2.C6H12O3/c1-4-8-9(17-12(20)15-6-5-14-7-15)10-11(16-8)19-13(2,3)18-10;1-4-8-5-9(13-6(2)11)10(15-8)14-7(3)12;1-4-8-6-9(10,5-2)7(3)11-8;1-4-5-6(10)7-8(11-5)13-9(2,3)12-7;1-4-8-6-9(10,5-2)7(3)11-8;1-3-8(9)4-7(5-10)11-6(8)2;1-8(2)12-6-5(10)4(3-9)11-7(6)13-8;1-8(2)11-5-4-6(9-3)10-7(5)12-8;2*1-3-6-4-7(8)5(2)9-6;1-4-6(8)2-5(3-7)9-4/h5-11H,4H2,1-3H3;8-10H,4-5H2,1-3H3;2,7-8H,4,6H2,1,3H3;5-8,10H,4H2,1-3H3;2,7-8,10H,4,6H2,1,3H3;1,6-7,10H,4-5H2,2H3;4-7,9-10H,3H2,1-2H3;5-7H,4H2,1-3H3;5-8H,3-4H2,1-2H3;5-6H,3-4H2,1-2H3;4-8H,2-3H2,1H3/t8-,9+,10?,11+;8-,9?,10-;7-,8+,9?;5-,6+,7?,8+;7-,8+,9?;6-,7-,8?;4-,5+,6?,7+;5?,6-,7-;5-,6+,7?;5-,6+;4-,5-,6?/m11010010000/s1. The summed E-state index contributed by atoms with van der Waals surface area (Å²) in [6, 6.07) is 0. The van der Waals surface area contributed by atoms with E-state index < -0.39 is 126 Å². The van der Waals surface area contributed by atoms with Crippen molar-refractivity contribution in [2.45, 2.75) is 492 Å². The van der Waals surface area contributed by atoms with Crippen LogP contribution in [0.4, 0.5) is 8.78 Å². The third-order valence-electron chi connectivity index (χ3n) is 24.4. The molecule has 15 aliphatic rings. The number of carbonyl (C=O) groups is 3. The van der Waals surface area contributed by atoms with E-state index in [1.807, 2.05) is 104 Å². The third kappa shape index (κ3) is 34.0. The van der Waals surface area contributed by atoms with Crippen LogP contribution in [0.15, 0.2) is 18.7 Å². The fraction of sp³-hybridized carbons (Fsp3) is 0.862. The number of ether oxygens (including phenoxy) is 23. The molecule has 1 aromatic rings. The number of carbonyl (C=O) groups excluding carboxylic acids is 3. The smallest absolute Gasteiger partial charge is 0.305 e. The van der Waals surface area contributed by atoms with E-state index in [2.05, 4.69) is 29.7 Å². The summed E-state index contributed by atoms with van der Waals surface area (Å²) in [7, 11) is 1.62. The highest BCUT2D eigenvalue weighted by Gasteiger charge is 2.59. The van der Waals surface area contributed by atoms with Gasteiger partial charge >= 0.3 is 11.9 Å². The number of hydrogen-bond acceptors (Lipinski definition) is 36. The van der Waals surface area contributed by atoms with Crippen LogP contribution in [0.2, 0.25) is 0 Å². The van der Waals surface area contributed by atoms with E-state index in [-0.39, 0.29) is 148 Å². The highest BCUT2D eigenvalue weighted by atomic mass is 32.1. The van der Waals surface area contributed by atoms with Gasteiger partial charge in [-0.05, 0) is 154 Å². The Morgan fingerprint density at radius 1 is 0.496 bits per heavy atom. The number of aliphatic hydroxyl groups excluding tert-OH is 7. The van der Waals surface area contributed by atoms with Gasteiger partial charge in [0.05, 0.1) is 99.2 Å². The summed E-state index contributed by atoms with van der Waals surface area (Å²) in [5.74, 6) is 3.52. The van der Waals surface area contributed by atoms with Crippen LogP contribution in [0.25, 0.3) is 0 Å². The molecule has 0 spiro atoms. The summed E-state index contributed by atoms with van der Waals surface area (Å²) >= 11 is 5.28. The number of nitrogens with zero attached hydrogens (tertiary/aromatic N) is 2. The number of halogens is 2. The first kappa shape index (κ1) is 117. The van der Waals surface area contributed by atoms with E-state index >= 15 is 0 Å². The fourth-order valence-corrected chi connectivity index (χ4v) is 16.8. The number of thiocarbonyl (C=S) groups is 1. The molecule has 0 bridgehead atoms. The molecule has 133 heavy (non-hydrogen) atoms. The van der Waals surface area contributed by atoms with Crippen molar-refractivity contribution in [3.05, 3.63) is 18.7 Å². The Labute approximate surface area is 788 Å². The predicted octanol–water partition coefficient (Wildman–Crippen LogP) is 8.35. The number of hydrogen-bond donors (Lipinski definition) is 8. The first-order valence-electron chi connectivity index (χ1n) is 46.6. The molecule has 0 radical (unpaired) electrons. The molecule has 35 atom stereocenters. The predicted molar refractivity (Wildman–Crippen MR) is 477 cm³/mol. The van der Waals surface area contributed by atoms with Crippen LogP contribution in [0.1, 0.15) is 256 Å². The molecule has 1 aromatic heterocycles. The zero-order valence-corrected chi connectivity index (χ0v) is 82.7. The second-order valence-corrected chi connectivity index (χ2v) is 37.2. The first-order valence-corrected chi connectivity index (χ1v) is 47.0. The van der Waals surface area contributed by atoms with Gasteiger partial charge in [-0.2, -0.15) is 0 Å². The second-order valence-electron chi connectivity index (χ2n) is 36.8. The summed E-state index contributed by atoms with van der Waals surface area (Å²) in [4.78, 5) is 36.4. The molecular weight excluding hydrogens is 1770 g/mol. The lowest BCUT2D eigenvalue weighted by molar-refractivity contribution is -0.239. The van der Waals surface area contributed by atoms with Crippen molar-refractivity contribution in [1.29, 1.82) is 0 Å². The molecule has 0 amide bonds. The van der Waals surface area contributed by atoms with Crippen molar-refractivity contribution in [1.82, 2.24) is 9.55 Å². The largest absolute Gasteiger partial charge is 0.461 e. The van der Waals surface area contributed by atoms with E-state index in [1.54, 1.807) is 65.0 Å². The number of imidazole rings is 1. The molecule has 16 heterocycles. The van der Waals surface area contributed by atoms with Crippen molar-refractivity contribution in [3.8, 4) is 37.0 Å². The number of ketones is 1. The van der Waals surface area contributed by atoms with Gasteiger partial charge in [-0.25, -0.2) is 13.8 Å². The van der Waals surface area contributed by atoms with Gasteiger partial charge in [0.1, 0.15) is 67.4 Å². The van der Waals surface area contributed by atoms with Crippen molar-refractivity contribution in [2.24, 2.45) is 0 Å². The van der Waals surface area contributed by atoms with Crippen LogP contribution < -0.4 is 0 Å². The van der Waals surface area contributed by atoms with E-state index in [0.717, 1.165) is 57.8 Å². The number of alkyl halides is 2. The van der Waals surface area contributed by atoms with Crippen LogP contribution >= 0.6 is 12.2 Å². The van der Waals surface area contributed by atoms with Gasteiger partial charge in [0, 0.05) is 84.7 Å². The van der Waals surface area contributed by atoms with E-state index in [0.29, 0.717) is 43.4 Å². The first-order chi connectivity index (χ1) is 62.3. The zero-order chi connectivity index (χ0) is 99.8. The van der Waals surface area contributed by atoms with Gasteiger partial charge in [0.2, 0.25) is 6.29 Å². The maximum absolute atomic E-state index is 13.5. The Morgan fingerprint density at radius 3 is 1.30 bits per heavy atom. The normalized spacial score (nSPS) is 41.2. The summed E-state index contributed by atoms with van der Waals surface area (Å²) < 4.78 is 153. The molecule has 0 aromatic carbocycles. The molecule has 15 aliphatic heterocycles. The Hall–Kier alpha value is -4.87. The lowest BCUT2D eigenvalue weighted by atomic mass is 9.95. The highest BCUT2D eigenvalue weighted by molar-refractivity contribution is 7.80. The Kier molecular flexibility index (Phi) is 46.2.